The molecule has 0 saturated carbocycles. The van der Waals surface area contributed by atoms with Crippen molar-refractivity contribution in [3.8, 4) is 0 Å². The monoisotopic (exact) mass is 255 g/mol. The molecule has 0 radical (unpaired) electrons. The van der Waals surface area contributed by atoms with Crippen LogP contribution in [0.1, 0.15) is 30.9 Å². The molecule has 0 spiro atoms. The van der Waals surface area contributed by atoms with E-state index in [2.05, 4.69) is 0 Å². The van der Waals surface area contributed by atoms with Crippen LogP contribution in [0.3, 0.4) is 0 Å². The van der Waals surface area contributed by atoms with Crippen molar-refractivity contribution in [1.82, 2.24) is 4.90 Å². The molecule has 0 bridgehead atoms. The van der Waals surface area contributed by atoms with Crippen LogP contribution in [-0.4, -0.2) is 29.1 Å². The van der Waals surface area contributed by atoms with Gasteiger partial charge in [0, 0.05) is 0 Å². The summed E-state index contributed by atoms with van der Waals surface area (Å²) in [6.45, 7) is 1.35. The van der Waals surface area contributed by atoms with Crippen LogP contribution >= 0.6 is 0 Å². The minimum atomic E-state index is -1.03. The van der Waals surface area contributed by atoms with E-state index >= 15 is 0 Å². The van der Waals surface area contributed by atoms with E-state index in [4.69, 9.17) is 0 Å². The van der Waals surface area contributed by atoms with Gasteiger partial charge in [0.2, 0.25) is 0 Å². The van der Waals surface area contributed by atoms with Crippen LogP contribution in [-0.2, 0) is 4.79 Å². The molecule has 1 atom stereocenters. The van der Waals surface area contributed by atoms with Gasteiger partial charge in [0.15, 0.2) is 11.6 Å². The number of hydrogen-bond donors (Lipinski definition) is 1. The fourth-order valence-electron chi connectivity index (χ4n) is 2.37. The van der Waals surface area contributed by atoms with Gasteiger partial charge in [0.25, 0.3) is 0 Å². The number of halogens is 2. The first kappa shape index (κ1) is 13.0. The van der Waals surface area contributed by atoms with Crippen molar-refractivity contribution in [2.75, 3.05) is 13.1 Å². The number of carboxylic acids is 1. The van der Waals surface area contributed by atoms with Crippen LogP contribution in [0.15, 0.2) is 18.2 Å². The van der Waals surface area contributed by atoms with Crippen LogP contribution in [0.2, 0.25) is 0 Å². The van der Waals surface area contributed by atoms with Crippen molar-refractivity contribution in [2.24, 2.45) is 0 Å². The summed E-state index contributed by atoms with van der Waals surface area (Å²) in [4.78, 5) is 13.1. The maximum atomic E-state index is 13.2. The zero-order valence-corrected chi connectivity index (χ0v) is 9.90. The van der Waals surface area contributed by atoms with Crippen molar-refractivity contribution in [1.29, 1.82) is 0 Å². The highest BCUT2D eigenvalue weighted by Crippen LogP contribution is 2.26. The highest BCUT2D eigenvalue weighted by Gasteiger charge is 2.28. The Bertz CT molecular complexity index is 445. The molecule has 5 heteroatoms. The molecule has 1 unspecified atom stereocenters. The zero-order chi connectivity index (χ0) is 13.1. The summed E-state index contributed by atoms with van der Waals surface area (Å²) < 4.78 is 26.1. The number of carboxylic acid groups (broad SMARTS) is 1. The Labute approximate surface area is 104 Å². The minimum Gasteiger partial charge on any atom is -0.480 e. The molecular weight excluding hydrogens is 240 g/mol. The van der Waals surface area contributed by atoms with Gasteiger partial charge >= 0.3 is 5.97 Å². The molecule has 1 aliphatic rings. The Hall–Kier alpha value is -1.49. The quantitative estimate of drug-likeness (QED) is 0.902. The van der Waals surface area contributed by atoms with Gasteiger partial charge in [-0.15, -0.1) is 0 Å². The molecule has 1 aromatic rings. The lowest BCUT2D eigenvalue weighted by atomic mass is 10.0. The minimum absolute atomic E-state index is 0.295. The third-order valence-corrected chi connectivity index (χ3v) is 3.25. The first-order chi connectivity index (χ1) is 8.59. The molecule has 1 N–H and O–H groups in total. The number of hydrogen-bond acceptors (Lipinski definition) is 2. The first-order valence-electron chi connectivity index (χ1n) is 6.01. The van der Waals surface area contributed by atoms with Gasteiger partial charge in [-0.1, -0.05) is 12.5 Å². The highest BCUT2D eigenvalue weighted by atomic mass is 19.2. The molecule has 98 valence electrons. The second kappa shape index (κ2) is 5.44. The van der Waals surface area contributed by atoms with Crippen molar-refractivity contribution >= 4 is 5.97 Å². The largest absolute Gasteiger partial charge is 0.480 e. The molecule has 1 fully saturated rings. The van der Waals surface area contributed by atoms with Crippen LogP contribution in [0.25, 0.3) is 0 Å². The van der Waals surface area contributed by atoms with Gasteiger partial charge in [-0.05, 0) is 43.6 Å². The van der Waals surface area contributed by atoms with Crippen molar-refractivity contribution in [3.63, 3.8) is 0 Å². The van der Waals surface area contributed by atoms with Crippen LogP contribution in [0.5, 0.6) is 0 Å². The fourth-order valence-corrected chi connectivity index (χ4v) is 2.37. The van der Waals surface area contributed by atoms with Crippen molar-refractivity contribution in [3.05, 3.63) is 35.4 Å². The number of likely N-dealkylation sites (tertiary alicyclic amines) is 1. The third kappa shape index (κ3) is 2.67. The van der Waals surface area contributed by atoms with Crippen LogP contribution in [0, 0.1) is 11.6 Å². The van der Waals surface area contributed by atoms with Gasteiger partial charge in [-0.3, -0.25) is 9.69 Å². The summed E-state index contributed by atoms with van der Waals surface area (Å²) >= 11 is 0. The maximum Gasteiger partial charge on any atom is 0.325 e. The van der Waals surface area contributed by atoms with Gasteiger partial charge in [-0.2, -0.15) is 0 Å². The Morgan fingerprint density at radius 1 is 1.17 bits per heavy atom. The average molecular weight is 255 g/mol. The molecular formula is C13H15F2NO2. The number of carbonyl (C=O) groups is 1. The first-order valence-corrected chi connectivity index (χ1v) is 6.01. The number of nitrogens with zero attached hydrogens (tertiary/aromatic N) is 1. The second-order valence-corrected chi connectivity index (χ2v) is 4.51. The van der Waals surface area contributed by atoms with E-state index in [0.29, 0.717) is 18.7 Å². The summed E-state index contributed by atoms with van der Waals surface area (Å²) in [5, 5.41) is 9.28. The number of benzene rings is 1. The molecule has 0 amide bonds. The Morgan fingerprint density at radius 2 is 1.83 bits per heavy atom. The van der Waals surface area contributed by atoms with Crippen molar-refractivity contribution < 1.29 is 18.7 Å². The highest BCUT2D eigenvalue weighted by molar-refractivity contribution is 5.75. The molecule has 0 aliphatic carbocycles. The number of rotatable bonds is 3. The molecule has 1 aromatic carbocycles. The zero-order valence-electron chi connectivity index (χ0n) is 9.90. The van der Waals surface area contributed by atoms with E-state index in [1.807, 2.05) is 0 Å². The van der Waals surface area contributed by atoms with E-state index < -0.39 is 23.6 Å². The predicted octanol–water partition coefficient (Wildman–Crippen LogP) is 2.58. The number of aliphatic carboxylic acids is 1. The van der Waals surface area contributed by atoms with E-state index in [1.165, 1.54) is 6.07 Å². The predicted molar refractivity (Wildman–Crippen MR) is 62.2 cm³/mol. The van der Waals surface area contributed by atoms with Crippen LogP contribution in [0.4, 0.5) is 8.78 Å². The Kier molecular flexibility index (Phi) is 3.91. The van der Waals surface area contributed by atoms with E-state index in [1.54, 1.807) is 4.90 Å². The molecule has 1 heterocycles. The van der Waals surface area contributed by atoms with Gasteiger partial charge in [-0.25, -0.2) is 8.78 Å². The number of piperidine rings is 1. The Balaban J connectivity index is 2.28. The van der Waals surface area contributed by atoms with E-state index in [0.717, 1.165) is 31.4 Å². The standard InChI is InChI=1S/C13H15F2NO2/c14-10-5-4-9(8-11(10)15)12(13(17)18)16-6-2-1-3-7-16/h4-5,8,12H,1-3,6-7H2,(H,17,18). The van der Waals surface area contributed by atoms with Crippen LogP contribution < -0.4 is 0 Å². The van der Waals surface area contributed by atoms with E-state index in [-0.39, 0.29) is 0 Å². The molecule has 0 aromatic heterocycles. The summed E-state index contributed by atoms with van der Waals surface area (Å²) in [5.74, 6) is -2.99. The average Bonchev–Trinajstić information content (AvgIpc) is 2.35. The summed E-state index contributed by atoms with van der Waals surface area (Å²) in [6, 6.07) is 2.40. The second-order valence-electron chi connectivity index (χ2n) is 4.51. The van der Waals surface area contributed by atoms with Gasteiger partial charge in [0.05, 0.1) is 0 Å². The molecule has 1 saturated heterocycles. The lowest BCUT2D eigenvalue weighted by Gasteiger charge is -2.32. The lowest BCUT2D eigenvalue weighted by molar-refractivity contribution is -0.144. The summed E-state index contributed by atoms with van der Waals surface area (Å²) in [7, 11) is 0. The smallest absolute Gasteiger partial charge is 0.325 e. The molecule has 2 rings (SSSR count). The van der Waals surface area contributed by atoms with E-state index in [9.17, 15) is 18.7 Å². The van der Waals surface area contributed by atoms with Gasteiger partial charge < -0.3 is 5.11 Å². The Morgan fingerprint density at radius 3 is 2.39 bits per heavy atom. The molecule has 3 nitrogen and oxygen atoms in total. The normalized spacial score (nSPS) is 18.6. The third-order valence-electron chi connectivity index (χ3n) is 3.25. The summed E-state index contributed by atoms with van der Waals surface area (Å²) in [6.07, 6.45) is 2.96. The van der Waals surface area contributed by atoms with Gasteiger partial charge in [0.1, 0.15) is 6.04 Å². The SMILES string of the molecule is O=C(O)C(c1ccc(F)c(F)c1)N1CCCCC1. The van der Waals surface area contributed by atoms with Crippen molar-refractivity contribution in [2.45, 2.75) is 25.3 Å². The molecule has 18 heavy (non-hydrogen) atoms. The summed E-state index contributed by atoms with van der Waals surface area (Å²) in [5.41, 5.74) is 0.295. The lowest BCUT2D eigenvalue weighted by Crippen LogP contribution is -2.37. The topological polar surface area (TPSA) is 40.5 Å². The molecule has 1 aliphatic heterocycles. The fraction of sp³-hybridized carbons (Fsp3) is 0.462. The maximum absolute atomic E-state index is 13.2.